The Bertz CT molecular complexity index is 389. The molecular weight excluding hydrogens is 309 g/mol. The van der Waals surface area contributed by atoms with Crippen molar-refractivity contribution in [2.24, 2.45) is 0 Å². The highest BCUT2D eigenvalue weighted by Gasteiger charge is 2.21. The van der Waals surface area contributed by atoms with Gasteiger partial charge in [0.15, 0.2) is 0 Å². The van der Waals surface area contributed by atoms with Crippen LogP contribution in [-0.2, 0) is 0 Å². The van der Waals surface area contributed by atoms with Crippen molar-refractivity contribution >= 4 is 33.2 Å². The first-order chi connectivity index (χ1) is 8.01. The number of nitrogen functional groups attached to an aromatic ring is 1. The summed E-state index contributed by atoms with van der Waals surface area (Å²) in [4.78, 5) is 0. The average Bonchev–Trinajstić information content (AvgIpc) is 2.29. The van der Waals surface area contributed by atoms with Gasteiger partial charge in [0.25, 0.3) is 0 Å². The fraction of sp³-hybridized carbons (Fsp3) is 0.455. The van der Waals surface area contributed by atoms with Crippen LogP contribution < -0.4 is 10.5 Å². The largest absolute Gasteiger partial charge is 0.495 e. The molecule has 0 aliphatic rings. The minimum Gasteiger partial charge on any atom is -0.495 e. The highest BCUT2D eigenvalue weighted by molar-refractivity contribution is 9.09. The van der Waals surface area contributed by atoms with Crippen molar-refractivity contribution in [2.75, 3.05) is 18.2 Å². The van der Waals surface area contributed by atoms with E-state index in [1.54, 1.807) is 6.07 Å². The number of rotatable bonds is 5. The molecule has 0 aromatic heterocycles. The third-order valence-corrected chi connectivity index (χ3v) is 3.22. The lowest BCUT2D eigenvalue weighted by Crippen LogP contribution is -2.19. The zero-order valence-electron chi connectivity index (χ0n) is 9.36. The van der Waals surface area contributed by atoms with Crippen LogP contribution in [0.4, 0.5) is 5.69 Å². The molecule has 2 unspecified atom stereocenters. The van der Waals surface area contributed by atoms with Crippen molar-refractivity contribution in [3.63, 3.8) is 0 Å². The van der Waals surface area contributed by atoms with Gasteiger partial charge in [-0.2, -0.15) is 0 Å². The normalized spacial score (nSPS) is 14.4. The van der Waals surface area contributed by atoms with E-state index in [1.807, 2.05) is 0 Å². The number of hydrogen-bond acceptors (Lipinski definition) is 4. The van der Waals surface area contributed by atoms with Crippen LogP contribution in [-0.4, -0.2) is 28.8 Å². The third-order valence-electron chi connectivity index (χ3n) is 2.44. The van der Waals surface area contributed by atoms with Crippen molar-refractivity contribution in [1.29, 1.82) is 0 Å². The summed E-state index contributed by atoms with van der Waals surface area (Å²) in [6.45, 7) is 0. The maximum Gasteiger partial charge on any atom is 0.142 e. The van der Waals surface area contributed by atoms with Crippen molar-refractivity contribution in [1.82, 2.24) is 0 Å². The molecule has 1 aromatic carbocycles. The van der Waals surface area contributed by atoms with Gasteiger partial charge in [-0.05, 0) is 18.6 Å². The molecule has 2 atom stereocenters. The van der Waals surface area contributed by atoms with Crippen molar-refractivity contribution in [3.05, 3.63) is 22.7 Å². The standard InChI is InChI=1S/C11H15BrClNO3/c1-17-10-4-6(7(13)5-8(10)14)11(16)9(15)2-3-12/h4-5,9,11,15-16H,2-3,14H2,1H3. The van der Waals surface area contributed by atoms with E-state index in [2.05, 4.69) is 15.9 Å². The number of hydrogen-bond donors (Lipinski definition) is 3. The van der Waals surface area contributed by atoms with E-state index in [4.69, 9.17) is 22.1 Å². The first-order valence-corrected chi connectivity index (χ1v) is 6.56. The van der Waals surface area contributed by atoms with Crippen LogP contribution in [0.3, 0.4) is 0 Å². The van der Waals surface area contributed by atoms with Gasteiger partial charge in [0.1, 0.15) is 11.9 Å². The van der Waals surface area contributed by atoms with E-state index in [0.717, 1.165) is 0 Å². The Balaban J connectivity index is 3.04. The van der Waals surface area contributed by atoms with E-state index in [-0.39, 0.29) is 0 Å². The predicted octanol–water partition coefficient (Wildman–Crippen LogP) is 2.11. The molecule has 1 aromatic rings. The summed E-state index contributed by atoms with van der Waals surface area (Å²) in [5.41, 5.74) is 6.48. The van der Waals surface area contributed by atoms with Crippen molar-refractivity contribution < 1.29 is 14.9 Å². The Morgan fingerprint density at radius 1 is 1.47 bits per heavy atom. The SMILES string of the molecule is COc1cc(C(O)C(O)CCBr)c(Cl)cc1N. The Kier molecular flexibility index (Phi) is 5.52. The van der Waals surface area contributed by atoms with Crippen molar-refractivity contribution in [3.8, 4) is 5.75 Å². The minimum absolute atomic E-state index is 0.310. The molecule has 0 saturated heterocycles. The summed E-state index contributed by atoms with van der Waals surface area (Å²) in [5.74, 6) is 0.425. The van der Waals surface area contributed by atoms with E-state index in [0.29, 0.717) is 33.8 Å². The molecule has 96 valence electrons. The Hall–Kier alpha value is -0.490. The number of halogens is 2. The Morgan fingerprint density at radius 2 is 2.12 bits per heavy atom. The lowest BCUT2D eigenvalue weighted by atomic mass is 10.0. The molecule has 0 amide bonds. The lowest BCUT2D eigenvalue weighted by molar-refractivity contribution is 0.0173. The number of alkyl halides is 1. The van der Waals surface area contributed by atoms with Gasteiger partial charge < -0.3 is 20.7 Å². The second-order valence-electron chi connectivity index (χ2n) is 3.61. The lowest BCUT2D eigenvalue weighted by Gasteiger charge is -2.19. The third kappa shape index (κ3) is 3.48. The van der Waals surface area contributed by atoms with Crippen LogP contribution >= 0.6 is 27.5 Å². The molecule has 0 aliphatic heterocycles. The molecule has 0 heterocycles. The molecule has 17 heavy (non-hydrogen) atoms. The Morgan fingerprint density at radius 3 is 2.65 bits per heavy atom. The molecule has 0 saturated carbocycles. The molecule has 4 N–H and O–H groups in total. The number of benzene rings is 1. The summed E-state index contributed by atoms with van der Waals surface area (Å²) in [6, 6.07) is 3.04. The van der Waals surface area contributed by atoms with Gasteiger partial charge in [-0.1, -0.05) is 27.5 Å². The summed E-state index contributed by atoms with van der Waals surface area (Å²) < 4.78 is 5.04. The maximum absolute atomic E-state index is 9.96. The molecule has 0 fully saturated rings. The zero-order valence-corrected chi connectivity index (χ0v) is 11.7. The molecule has 0 radical (unpaired) electrons. The molecule has 0 bridgehead atoms. The number of methoxy groups -OCH3 is 1. The molecule has 0 aliphatic carbocycles. The first kappa shape index (κ1) is 14.6. The van der Waals surface area contributed by atoms with Crippen LogP contribution in [0.1, 0.15) is 18.1 Å². The number of ether oxygens (including phenoxy) is 1. The van der Waals surface area contributed by atoms with Crippen molar-refractivity contribution in [2.45, 2.75) is 18.6 Å². The van der Waals surface area contributed by atoms with Gasteiger partial charge in [-0.3, -0.25) is 0 Å². The van der Waals surface area contributed by atoms with Crippen LogP contribution in [0.2, 0.25) is 5.02 Å². The highest BCUT2D eigenvalue weighted by Crippen LogP contribution is 2.34. The maximum atomic E-state index is 9.96. The number of anilines is 1. The number of nitrogens with two attached hydrogens (primary N) is 1. The van der Waals surface area contributed by atoms with Gasteiger partial charge in [-0.25, -0.2) is 0 Å². The quantitative estimate of drug-likeness (QED) is 0.573. The fourth-order valence-corrected chi connectivity index (χ4v) is 2.22. The van der Waals surface area contributed by atoms with E-state index < -0.39 is 12.2 Å². The topological polar surface area (TPSA) is 75.7 Å². The molecule has 1 rings (SSSR count). The second kappa shape index (κ2) is 6.44. The van der Waals surface area contributed by atoms with Crippen LogP contribution in [0, 0.1) is 0 Å². The van der Waals surface area contributed by atoms with Gasteiger partial charge in [0.2, 0.25) is 0 Å². The molecule has 4 nitrogen and oxygen atoms in total. The predicted molar refractivity (Wildman–Crippen MR) is 71.8 cm³/mol. The monoisotopic (exact) mass is 323 g/mol. The summed E-state index contributed by atoms with van der Waals surface area (Å²) in [6.07, 6.45) is -1.53. The highest BCUT2D eigenvalue weighted by atomic mass is 79.9. The van der Waals surface area contributed by atoms with Crippen LogP contribution in [0.5, 0.6) is 5.75 Å². The number of aliphatic hydroxyl groups excluding tert-OH is 2. The summed E-state index contributed by atoms with van der Waals surface area (Å²) in [7, 11) is 1.48. The second-order valence-corrected chi connectivity index (χ2v) is 4.81. The van der Waals surface area contributed by atoms with Crippen LogP contribution in [0.25, 0.3) is 0 Å². The fourth-order valence-electron chi connectivity index (χ4n) is 1.46. The van der Waals surface area contributed by atoms with Gasteiger partial charge in [-0.15, -0.1) is 0 Å². The summed E-state index contributed by atoms with van der Waals surface area (Å²) >= 11 is 9.18. The first-order valence-electron chi connectivity index (χ1n) is 5.06. The molecular formula is C11H15BrClNO3. The number of aliphatic hydroxyl groups is 2. The Labute approximate surface area is 113 Å². The molecule has 0 spiro atoms. The van der Waals surface area contributed by atoms with Gasteiger partial charge >= 0.3 is 0 Å². The van der Waals surface area contributed by atoms with Gasteiger partial charge in [0.05, 0.1) is 18.9 Å². The van der Waals surface area contributed by atoms with E-state index >= 15 is 0 Å². The zero-order chi connectivity index (χ0) is 13.0. The van der Waals surface area contributed by atoms with E-state index in [9.17, 15) is 10.2 Å². The van der Waals surface area contributed by atoms with Gasteiger partial charge in [0, 0.05) is 15.9 Å². The smallest absolute Gasteiger partial charge is 0.142 e. The minimum atomic E-state index is -1.06. The van der Waals surface area contributed by atoms with Crippen LogP contribution in [0.15, 0.2) is 12.1 Å². The summed E-state index contributed by atoms with van der Waals surface area (Å²) in [5, 5.41) is 20.6. The molecule has 6 heteroatoms. The van der Waals surface area contributed by atoms with E-state index in [1.165, 1.54) is 13.2 Å². The average molecular weight is 325 g/mol.